The molecule has 0 fully saturated rings. The number of carboxylic acids is 1. The van der Waals surface area contributed by atoms with E-state index in [1.807, 2.05) is 6.92 Å². The summed E-state index contributed by atoms with van der Waals surface area (Å²) in [5.74, 6) is -1.77. The van der Waals surface area contributed by atoms with Gasteiger partial charge in [0.2, 0.25) is 0 Å². The second-order valence-electron chi connectivity index (χ2n) is 11.9. The number of nitrogens with zero attached hydrogens (tertiary/aromatic N) is 2. The fraction of sp³-hybridized carbons (Fsp3) is 0.514. The van der Waals surface area contributed by atoms with Crippen LogP contribution in [0.5, 0.6) is 0 Å². The van der Waals surface area contributed by atoms with Crippen molar-refractivity contribution in [3.05, 3.63) is 71.5 Å². The molecular weight excluding hydrogens is 593 g/mol. The van der Waals surface area contributed by atoms with Gasteiger partial charge in [-0.2, -0.15) is 13.2 Å². The molecule has 1 unspecified atom stereocenters. The SMILES string of the molecule is CCCCCCCCCCCc1cnc(-c2ccc(C(=O)O)c(-c3ccc(C(=O)OC(CCCCCC)C(F)(F)F)cc3)c2)nc1. The fourth-order valence-electron chi connectivity index (χ4n) is 5.41. The number of esters is 1. The topological polar surface area (TPSA) is 89.4 Å². The van der Waals surface area contributed by atoms with Crippen molar-refractivity contribution in [2.24, 2.45) is 0 Å². The second-order valence-corrected chi connectivity index (χ2v) is 11.9. The molecule has 0 aliphatic rings. The predicted octanol–water partition coefficient (Wildman–Crippen LogP) is 10.6. The van der Waals surface area contributed by atoms with Crippen LogP contribution < -0.4 is 0 Å². The smallest absolute Gasteiger partial charge is 0.425 e. The lowest BCUT2D eigenvalue weighted by Crippen LogP contribution is -2.33. The molecule has 0 saturated heterocycles. The number of hydrogen-bond donors (Lipinski definition) is 1. The van der Waals surface area contributed by atoms with Gasteiger partial charge in [0.25, 0.3) is 0 Å². The van der Waals surface area contributed by atoms with E-state index >= 15 is 0 Å². The summed E-state index contributed by atoms with van der Waals surface area (Å²) in [6.07, 6.45) is 11.3. The molecule has 0 radical (unpaired) electrons. The van der Waals surface area contributed by atoms with E-state index in [9.17, 15) is 27.9 Å². The minimum absolute atomic E-state index is 0.0327. The Labute approximate surface area is 270 Å². The highest BCUT2D eigenvalue weighted by Gasteiger charge is 2.42. The van der Waals surface area contributed by atoms with Gasteiger partial charge in [0.1, 0.15) is 0 Å². The Hall–Kier alpha value is -3.75. The van der Waals surface area contributed by atoms with Crippen LogP contribution in [0.2, 0.25) is 0 Å². The van der Waals surface area contributed by atoms with Crippen molar-refractivity contribution < 1.29 is 32.6 Å². The monoisotopic (exact) mass is 640 g/mol. The molecule has 0 bridgehead atoms. The lowest BCUT2D eigenvalue weighted by Gasteiger charge is -2.20. The summed E-state index contributed by atoms with van der Waals surface area (Å²) < 4.78 is 45.4. The first-order valence-corrected chi connectivity index (χ1v) is 16.7. The third-order valence-corrected chi connectivity index (χ3v) is 8.15. The first kappa shape index (κ1) is 36.7. The zero-order chi connectivity index (χ0) is 33.4. The number of benzene rings is 2. The van der Waals surface area contributed by atoms with Gasteiger partial charge in [-0.1, -0.05) is 103 Å². The van der Waals surface area contributed by atoms with Gasteiger partial charge < -0.3 is 9.84 Å². The Morgan fingerprint density at radius 3 is 1.87 bits per heavy atom. The molecule has 9 heteroatoms. The average molecular weight is 641 g/mol. The van der Waals surface area contributed by atoms with E-state index in [0.717, 1.165) is 31.2 Å². The fourth-order valence-corrected chi connectivity index (χ4v) is 5.41. The normalized spacial score (nSPS) is 12.2. The highest BCUT2D eigenvalue weighted by atomic mass is 19.4. The van der Waals surface area contributed by atoms with Gasteiger partial charge in [-0.25, -0.2) is 19.6 Å². The number of carbonyl (C=O) groups is 2. The molecule has 3 rings (SSSR count). The highest BCUT2D eigenvalue weighted by molar-refractivity contribution is 5.97. The van der Waals surface area contributed by atoms with Gasteiger partial charge in [-0.15, -0.1) is 0 Å². The number of aromatic carboxylic acids is 1. The molecule has 1 N–H and O–H groups in total. The number of halogens is 3. The summed E-state index contributed by atoms with van der Waals surface area (Å²) in [7, 11) is 0. The summed E-state index contributed by atoms with van der Waals surface area (Å²) in [6, 6.07) is 10.5. The molecule has 0 amide bonds. The number of aryl methyl sites for hydroxylation is 1. The molecule has 3 aromatic rings. The molecule has 46 heavy (non-hydrogen) atoms. The number of carbonyl (C=O) groups excluding carboxylic acids is 1. The number of rotatable bonds is 20. The van der Waals surface area contributed by atoms with E-state index in [0.29, 0.717) is 35.4 Å². The molecule has 2 aromatic carbocycles. The van der Waals surface area contributed by atoms with Crippen LogP contribution in [0, 0.1) is 0 Å². The summed E-state index contributed by atoms with van der Waals surface area (Å²) in [6.45, 7) is 4.19. The molecule has 6 nitrogen and oxygen atoms in total. The van der Waals surface area contributed by atoms with Crippen molar-refractivity contribution in [2.45, 2.75) is 122 Å². The Balaban J connectivity index is 1.65. The van der Waals surface area contributed by atoms with Crippen molar-refractivity contribution in [1.29, 1.82) is 0 Å². The predicted molar refractivity (Wildman–Crippen MR) is 175 cm³/mol. The van der Waals surface area contributed by atoms with Gasteiger partial charge in [-0.3, -0.25) is 0 Å². The quantitative estimate of drug-likeness (QED) is 0.0976. The first-order chi connectivity index (χ1) is 22.1. The van der Waals surface area contributed by atoms with Crippen molar-refractivity contribution in [3.8, 4) is 22.5 Å². The summed E-state index contributed by atoms with van der Waals surface area (Å²) >= 11 is 0. The Bertz CT molecular complexity index is 1360. The van der Waals surface area contributed by atoms with Gasteiger partial charge in [0.05, 0.1) is 11.1 Å². The Kier molecular flexibility index (Phi) is 15.2. The molecule has 0 aliphatic heterocycles. The van der Waals surface area contributed by atoms with E-state index in [-0.39, 0.29) is 17.5 Å². The number of alkyl halides is 3. The zero-order valence-electron chi connectivity index (χ0n) is 27.1. The van der Waals surface area contributed by atoms with E-state index < -0.39 is 24.2 Å². The molecule has 1 heterocycles. The van der Waals surface area contributed by atoms with Crippen LogP contribution in [-0.4, -0.2) is 39.3 Å². The molecule has 1 atom stereocenters. The largest absolute Gasteiger partial charge is 0.478 e. The maximum Gasteiger partial charge on any atom is 0.425 e. The number of unbranched alkanes of at least 4 members (excludes halogenated alkanes) is 11. The van der Waals surface area contributed by atoms with Crippen LogP contribution in [0.4, 0.5) is 13.2 Å². The third-order valence-electron chi connectivity index (χ3n) is 8.15. The van der Waals surface area contributed by atoms with E-state index in [2.05, 4.69) is 16.9 Å². The molecule has 0 saturated carbocycles. The van der Waals surface area contributed by atoms with Crippen LogP contribution in [0.15, 0.2) is 54.9 Å². The second kappa shape index (κ2) is 19.0. The van der Waals surface area contributed by atoms with Gasteiger partial charge in [-0.05, 0) is 66.6 Å². The first-order valence-electron chi connectivity index (χ1n) is 16.7. The molecule has 250 valence electrons. The maximum atomic E-state index is 13.5. The van der Waals surface area contributed by atoms with Crippen molar-refractivity contribution in [1.82, 2.24) is 9.97 Å². The van der Waals surface area contributed by atoms with Gasteiger partial charge >= 0.3 is 18.1 Å². The molecule has 0 aliphatic carbocycles. The minimum Gasteiger partial charge on any atom is -0.478 e. The molecule has 0 spiro atoms. The van der Waals surface area contributed by atoms with Crippen LogP contribution >= 0.6 is 0 Å². The number of hydrogen-bond acceptors (Lipinski definition) is 5. The lowest BCUT2D eigenvalue weighted by molar-refractivity contribution is -0.206. The van der Waals surface area contributed by atoms with E-state index in [1.165, 1.54) is 81.7 Å². The lowest BCUT2D eigenvalue weighted by atomic mass is 9.96. The van der Waals surface area contributed by atoms with Crippen LogP contribution in [0.1, 0.15) is 130 Å². The minimum atomic E-state index is -4.66. The number of ether oxygens (including phenoxy) is 1. The Morgan fingerprint density at radius 2 is 1.30 bits per heavy atom. The van der Waals surface area contributed by atoms with E-state index in [1.54, 1.807) is 24.5 Å². The highest BCUT2D eigenvalue weighted by Crippen LogP contribution is 2.31. The summed E-state index contributed by atoms with van der Waals surface area (Å²) in [5, 5.41) is 9.82. The zero-order valence-corrected chi connectivity index (χ0v) is 27.1. The van der Waals surface area contributed by atoms with Gasteiger partial charge in [0.15, 0.2) is 11.9 Å². The van der Waals surface area contributed by atoms with Crippen molar-refractivity contribution in [2.75, 3.05) is 0 Å². The van der Waals surface area contributed by atoms with Gasteiger partial charge in [0, 0.05) is 18.0 Å². The Morgan fingerprint density at radius 1 is 0.761 bits per heavy atom. The summed E-state index contributed by atoms with van der Waals surface area (Å²) in [4.78, 5) is 33.7. The van der Waals surface area contributed by atoms with Crippen LogP contribution in [0.3, 0.4) is 0 Å². The maximum absolute atomic E-state index is 13.5. The molecule has 1 aromatic heterocycles. The number of carboxylic acid groups (broad SMARTS) is 1. The third kappa shape index (κ3) is 11.9. The average Bonchev–Trinajstić information content (AvgIpc) is 3.05. The standard InChI is InChI=1S/C37H47F3N2O4/c1-3-5-7-9-10-11-12-13-14-16-27-25-41-34(42-26-27)30-22-23-31(35(43)44)32(24-30)28-18-20-29(21-19-28)36(45)46-33(37(38,39)40)17-15-8-6-4-2/h18-26,33H,3-17H2,1-2H3,(H,43,44). The van der Waals surface area contributed by atoms with Crippen LogP contribution in [-0.2, 0) is 11.2 Å². The summed E-state index contributed by atoms with van der Waals surface area (Å²) in [5.41, 5.74) is 2.50. The number of aromatic nitrogens is 2. The van der Waals surface area contributed by atoms with E-state index in [4.69, 9.17) is 4.74 Å². The molecular formula is C37H47F3N2O4. The van der Waals surface area contributed by atoms with Crippen molar-refractivity contribution >= 4 is 11.9 Å². The van der Waals surface area contributed by atoms with Crippen molar-refractivity contribution in [3.63, 3.8) is 0 Å². The van der Waals surface area contributed by atoms with Crippen LogP contribution in [0.25, 0.3) is 22.5 Å².